The van der Waals surface area contributed by atoms with Gasteiger partial charge in [0.15, 0.2) is 0 Å². The lowest BCUT2D eigenvalue weighted by Crippen LogP contribution is -2.15. The number of rotatable bonds is 3. The van der Waals surface area contributed by atoms with Gasteiger partial charge in [-0.2, -0.15) is 0 Å². The van der Waals surface area contributed by atoms with Crippen LogP contribution in [0.3, 0.4) is 0 Å². The van der Waals surface area contributed by atoms with Gasteiger partial charge in [-0.1, -0.05) is 0 Å². The van der Waals surface area contributed by atoms with Crippen molar-refractivity contribution < 1.29 is 4.74 Å². The molecule has 2 N–H and O–H groups in total. The van der Waals surface area contributed by atoms with Crippen LogP contribution in [0.15, 0.2) is 12.3 Å². The molecule has 0 amide bonds. The predicted octanol–water partition coefficient (Wildman–Crippen LogP) is 1.22. The van der Waals surface area contributed by atoms with E-state index in [0.717, 1.165) is 37.4 Å². The molecular formula is C11H17N3O. The quantitative estimate of drug-likeness (QED) is 0.809. The van der Waals surface area contributed by atoms with Gasteiger partial charge < -0.3 is 10.5 Å². The van der Waals surface area contributed by atoms with Gasteiger partial charge in [0, 0.05) is 19.2 Å². The molecule has 4 nitrogen and oxygen atoms in total. The first-order chi connectivity index (χ1) is 7.40. The lowest BCUT2D eigenvalue weighted by atomic mass is 10.1. The van der Waals surface area contributed by atoms with E-state index in [0.29, 0.717) is 6.54 Å². The Balaban J connectivity index is 2.09. The van der Waals surface area contributed by atoms with E-state index in [9.17, 15) is 0 Å². The molecule has 0 saturated carbocycles. The minimum Gasteiger partial charge on any atom is -0.372 e. The van der Waals surface area contributed by atoms with E-state index in [-0.39, 0.29) is 6.10 Å². The summed E-state index contributed by atoms with van der Waals surface area (Å²) < 4.78 is 5.68. The Bertz CT molecular complexity index is 310. The minimum atomic E-state index is 0.165. The van der Waals surface area contributed by atoms with Gasteiger partial charge in [-0.3, -0.25) is 0 Å². The molecule has 1 atom stereocenters. The molecule has 1 aromatic rings. The highest BCUT2D eigenvalue weighted by Gasteiger charge is 2.17. The van der Waals surface area contributed by atoms with E-state index in [2.05, 4.69) is 9.97 Å². The normalized spacial score (nSPS) is 21.5. The number of nitrogens with zero attached hydrogens (tertiary/aromatic N) is 2. The van der Waals surface area contributed by atoms with Crippen molar-refractivity contribution in [2.24, 2.45) is 5.73 Å². The van der Waals surface area contributed by atoms with Crippen molar-refractivity contribution in [2.75, 3.05) is 13.2 Å². The van der Waals surface area contributed by atoms with E-state index in [1.807, 2.05) is 6.07 Å². The first-order valence-corrected chi connectivity index (χ1v) is 5.53. The summed E-state index contributed by atoms with van der Waals surface area (Å²) in [7, 11) is 0. The Labute approximate surface area is 89.9 Å². The second kappa shape index (κ2) is 5.19. The predicted molar refractivity (Wildman–Crippen MR) is 57.3 cm³/mol. The smallest absolute Gasteiger partial charge is 0.129 e. The number of hydrogen-bond donors (Lipinski definition) is 1. The van der Waals surface area contributed by atoms with Crippen molar-refractivity contribution in [1.82, 2.24) is 9.97 Å². The fraction of sp³-hybridized carbons (Fsp3) is 0.636. The molecule has 1 aromatic heterocycles. The summed E-state index contributed by atoms with van der Waals surface area (Å²) in [5.74, 6) is 0.823. The fourth-order valence-electron chi connectivity index (χ4n) is 1.82. The molecule has 0 aromatic carbocycles. The molecule has 2 rings (SSSR count). The fourth-order valence-corrected chi connectivity index (χ4v) is 1.82. The van der Waals surface area contributed by atoms with E-state index < -0.39 is 0 Å². The number of nitrogens with two attached hydrogens (primary N) is 1. The van der Waals surface area contributed by atoms with Crippen molar-refractivity contribution in [1.29, 1.82) is 0 Å². The largest absolute Gasteiger partial charge is 0.372 e. The third kappa shape index (κ3) is 2.73. The van der Waals surface area contributed by atoms with Crippen molar-refractivity contribution in [3.05, 3.63) is 23.8 Å². The SMILES string of the molecule is NCCc1nccc(C2CCCCO2)n1. The van der Waals surface area contributed by atoms with Crippen molar-refractivity contribution in [3.63, 3.8) is 0 Å². The summed E-state index contributed by atoms with van der Waals surface area (Å²) in [5, 5.41) is 0. The van der Waals surface area contributed by atoms with Gasteiger partial charge in [-0.25, -0.2) is 9.97 Å². The third-order valence-corrected chi connectivity index (χ3v) is 2.60. The zero-order chi connectivity index (χ0) is 10.5. The van der Waals surface area contributed by atoms with Gasteiger partial charge in [0.05, 0.1) is 11.8 Å². The molecule has 4 heteroatoms. The van der Waals surface area contributed by atoms with Crippen LogP contribution in [0.1, 0.15) is 36.9 Å². The minimum absolute atomic E-state index is 0.165. The van der Waals surface area contributed by atoms with Crippen LogP contribution in [-0.2, 0) is 11.2 Å². The van der Waals surface area contributed by atoms with Crippen molar-refractivity contribution in [2.45, 2.75) is 31.8 Å². The second-order valence-corrected chi connectivity index (χ2v) is 3.79. The Morgan fingerprint density at radius 2 is 2.40 bits per heavy atom. The molecule has 0 radical (unpaired) electrons. The molecular weight excluding hydrogens is 190 g/mol. The lowest BCUT2D eigenvalue weighted by molar-refractivity contribution is 0.0121. The molecule has 0 spiro atoms. The van der Waals surface area contributed by atoms with Crippen molar-refractivity contribution >= 4 is 0 Å². The average molecular weight is 207 g/mol. The summed E-state index contributed by atoms with van der Waals surface area (Å²) in [4.78, 5) is 8.65. The highest BCUT2D eigenvalue weighted by Crippen LogP contribution is 2.25. The van der Waals surface area contributed by atoms with Crippen molar-refractivity contribution in [3.8, 4) is 0 Å². The van der Waals surface area contributed by atoms with E-state index >= 15 is 0 Å². The highest BCUT2D eigenvalue weighted by molar-refractivity contribution is 5.06. The number of aromatic nitrogens is 2. The maximum Gasteiger partial charge on any atom is 0.129 e. The molecule has 1 fully saturated rings. The van der Waals surface area contributed by atoms with E-state index in [1.54, 1.807) is 6.20 Å². The van der Waals surface area contributed by atoms with Crippen LogP contribution in [0.5, 0.6) is 0 Å². The van der Waals surface area contributed by atoms with E-state index in [1.165, 1.54) is 6.42 Å². The van der Waals surface area contributed by atoms with Gasteiger partial charge in [0.25, 0.3) is 0 Å². The summed E-state index contributed by atoms with van der Waals surface area (Å²) in [6.45, 7) is 1.44. The molecule has 1 unspecified atom stereocenters. The van der Waals surface area contributed by atoms with E-state index in [4.69, 9.17) is 10.5 Å². The third-order valence-electron chi connectivity index (χ3n) is 2.60. The van der Waals surface area contributed by atoms with Crippen LogP contribution < -0.4 is 5.73 Å². The molecule has 15 heavy (non-hydrogen) atoms. The molecule has 1 aliphatic heterocycles. The zero-order valence-electron chi connectivity index (χ0n) is 8.85. The topological polar surface area (TPSA) is 61.0 Å². The van der Waals surface area contributed by atoms with Crippen LogP contribution >= 0.6 is 0 Å². The van der Waals surface area contributed by atoms with Crippen LogP contribution in [-0.4, -0.2) is 23.1 Å². The summed E-state index contributed by atoms with van der Waals surface area (Å²) >= 11 is 0. The first kappa shape index (κ1) is 10.5. The molecule has 2 heterocycles. The highest BCUT2D eigenvalue weighted by atomic mass is 16.5. The van der Waals surface area contributed by atoms with Crippen LogP contribution in [0.4, 0.5) is 0 Å². The first-order valence-electron chi connectivity index (χ1n) is 5.53. The zero-order valence-corrected chi connectivity index (χ0v) is 8.85. The van der Waals surface area contributed by atoms with Gasteiger partial charge in [0.2, 0.25) is 0 Å². The van der Waals surface area contributed by atoms with Crippen LogP contribution in [0.25, 0.3) is 0 Å². The van der Waals surface area contributed by atoms with Gasteiger partial charge in [0.1, 0.15) is 5.82 Å². The second-order valence-electron chi connectivity index (χ2n) is 3.79. The maximum absolute atomic E-state index is 5.68. The summed E-state index contributed by atoms with van der Waals surface area (Å²) in [5.41, 5.74) is 6.49. The Morgan fingerprint density at radius 1 is 1.47 bits per heavy atom. The Kier molecular flexibility index (Phi) is 3.64. The Morgan fingerprint density at radius 3 is 3.13 bits per heavy atom. The lowest BCUT2D eigenvalue weighted by Gasteiger charge is -2.22. The van der Waals surface area contributed by atoms with Crippen LogP contribution in [0.2, 0.25) is 0 Å². The van der Waals surface area contributed by atoms with Gasteiger partial charge in [-0.15, -0.1) is 0 Å². The average Bonchev–Trinajstić information content (AvgIpc) is 2.31. The molecule has 1 saturated heterocycles. The van der Waals surface area contributed by atoms with Gasteiger partial charge >= 0.3 is 0 Å². The van der Waals surface area contributed by atoms with Crippen LogP contribution in [0, 0.1) is 0 Å². The summed E-state index contributed by atoms with van der Waals surface area (Å²) in [6, 6.07) is 1.94. The Hall–Kier alpha value is -1.00. The summed E-state index contributed by atoms with van der Waals surface area (Å²) in [6.07, 6.45) is 6.15. The monoisotopic (exact) mass is 207 g/mol. The standard InChI is InChI=1S/C11H17N3O/c12-6-4-11-13-7-5-9(14-11)10-3-1-2-8-15-10/h5,7,10H,1-4,6,8,12H2. The molecule has 0 bridgehead atoms. The molecule has 82 valence electrons. The van der Waals surface area contributed by atoms with Gasteiger partial charge in [-0.05, 0) is 31.9 Å². The maximum atomic E-state index is 5.68. The number of hydrogen-bond acceptors (Lipinski definition) is 4. The molecule has 1 aliphatic rings. The number of ether oxygens (including phenoxy) is 1. The molecule has 0 aliphatic carbocycles.